The third kappa shape index (κ3) is 3.51. The molecule has 0 bridgehead atoms. The molecule has 1 saturated heterocycles. The minimum Gasteiger partial charge on any atom is -0.366 e. The normalized spacial score (nSPS) is 23.0. The van der Waals surface area contributed by atoms with Crippen LogP contribution >= 0.6 is 0 Å². The van der Waals surface area contributed by atoms with Gasteiger partial charge in [0.05, 0.1) is 6.20 Å². The van der Waals surface area contributed by atoms with Crippen molar-refractivity contribution in [2.45, 2.75) is 19.8 Å². The lowest BCUT2D eigenvalue weighted by Gasteiger charge is -2.40. The largest absolute Gasteiger partial charge is 0.366 e. The molecule has 1 saturated carbocycles. The number of nitrogens with two attached hydrogens (primary N) is 1. The van der Waals surface area contributed by atoms with E-state index in [0.717, 1.165) is 37.3 Å². The second kappa shape index (κ2) is 7.02. The first-order valence-corrected chi connectivity index (χ1v) is 9.36. The first-order chi connectivity index (χ1) is 13.0. The van der Waals surface area contributed by atoms with Crippen molar-refractivity contribution in [1.82, 2.24) is 19.9 Å². The fraction of sp³-hybridized carbons (Fsp3) is 0.474. The molecule has 2 aromatic rings. The zero-order valence-electron chi connectivity index (χ0n) is 15.4. The highest BCUT2D eigenvalue weighted by Gasteiger charge is 2.35. The van der Waals surface area contributed by atoms with E-state index in [1.165, 1.54) is 6.08 Å². The quantitative estimate of drug-likeness (QED) is 0.787. The van der Waals surface area contributed by atoms with Gasteiger partial charge in [-0.3, -0.25) is 9.59 Å². The number of aromatic nitrogens is 3. The summed E-state index contributed by atoms with van der Waals surface area (Å²) in [5.41, 5.74) is 7.30. The van der Waals surface area contributed by atoms with Crippen molar-refractivity contribution >= 4 is 34.9 Å². The number of aromatic amines is 1. The fourth-order valence-corrected chi connectivity index (χ4v) is 3.87. The standard InChI is InChI=1S/C19H24N6O2/c1-12-8-14(9-12)19(27)25-6-4-24(5-7-25)16-11-22-18-17(23-16)13(10-21-18)2-3-15(20)26/h2-3,10-12,14H,4-9H2,1H3,(H2,20,26)(H,21,22)/b3-2+/t12-,14-. The molecule has 2 aliphatic rings. The molecule has 2 amide bonds. The van der Waals surface area contributed by atoms with Crippen LogP contribution in [-0.2, 0) is 9.59 Å². The van der Waals surface area contributed by atoms with Crippen LogP contribution in [0.1, 0.15) is 25.3 Å². The predicted molar refractivity (Wildman–Crippen MR) is 103 cm³/mol. The van der Waals surface area contributed by atoms with Crippen LogP contribution in [0.2, 0.25) is 0 Å². The third-order valence-electron chi connectivity index (χ3n) is 5.46. The van der Waals surface area contributed by atoms with Crippen molar-refractivity contribution in [2.24, 2.45) is 17.6 Å². The highest BCUT2D eigenvalue weighted by Crippen LogP contribution is 2.34. The minimum atomic E-state index is -0.505. The van der Waals surface area contributed by atoms with Gasteiger partial charge >= 0.3 is 0 Å². The number of fused-ring (bicyclic) bond motifs is 1. The number of nitrogens with zero attached hydrogens (tertiary/aromatic N) is 4. The molecule has 2 fully saturated rings. The van der Waals surface area contributed by atoms with Crippen molar-refractivity contribution in [3.05, 3.63) is 24.0 Å². The van der Waals surface area contributed by atoms with Crippen LogP contribution in [0.3, 0.4) is 0 Å². The summed E-state index contributed by atoms with van der Waals surface area (Å²) in [6, 6.07) is 0. The summed E-state index contributed by atoms with van der Waals surface area (Å²) in [5.74, 6) is 1.48. The van der Waals surface area contributed by atoms with Crippen LogP contribution in [0.25, 0.3) is 17.2 Å². The van der Waals surface area contributed by atoms with Gasteiger partial charge in [0, 0.05) is 49.9 Å². The Hall–Kier alpha value is -2.90. The molecule has 8 nitrogen and oxygen atoms in total. The smallest absolute Gasteiger partial charge is 0.241 e. The average Bonchev–Trinajstić information content (AvgIpc) is 3.05. The number of carbonyl (C=O) groups is 2. The highest BCUT2D eigenvalue weighted by atomic mass is 16.2. The molecule has 0 aromatic carbocycles. The number of carbonyl (C=O) groups excluding carboxylic acids is 2. The molecule has 8 heteroatoms. The van der Waals surface area contributed by atoms with Crippen molar-refractivity contribution in [3.63, 3.8) is 0 Å². The Balaban J connectivity index is 1.45. The van der Waals surface area contributed by atoms with Gasteiger partial charge in [-0.2, -0.15) is 0 Å². The predicted octanol–water partition coefficient (Wildman–Crippen LogP) is 1.15. The molecule has 0 spiro atoms. The summed E-state index contributed by atoms with van der Waals surface area (Å²) in [7, 11) is 0. The van der Waals surface area contributed by atoms with Crippen LogP contribution in [0, 0.1) is 11.8 Å². The van der Waals surface area contributed by atoms with Gasteiger partial charge in [0.2, 0.25) is 11.8 Å². The van der Waals surface area contributed by atoms with E-state index >= 15 is 0 Å². The van der Waals surface area contributed by atoms with E-state index in [-0.39, 0.29) is 5.92 Å². The van der Waals surface area contributed by atoms with Gasteiger partial charge in [-0.15, -0.1) is 0 Å². The Morgan fingerprint density at radius 2 is 2.00 bits per heavy atom. The van der Waals surface area contributed by atoms with E-state index in [4.69, 9.17) is 10.7 Å². The number of piperazine rings is 1. The topological polar surface area (TPSA) is 108 Å². The molecule has 27 heavy (non-hydrogen) atoms. The summed E-state index contributed by atoms with van der Waals surface area (Å²) in [6.45, 7) is 5.11. The molecular formula is C19H24N6O2. The number of rotatable bonds is 4. The average molecular weight is 368 g/mol. The maximum Gasteiger partial charge on any atom is 0.241 e. The lowest BCUT2D eigenvalue weighted by molar-refractivity contribution is -0.140. The summed E-state index contributed by atoms with van der Waals surface area (Å²) in [6.07, 6.45) is 8.49. The number of H-pyrrole nitrogens is 1. The zero-order chi connectivity index (χ0) is 19.0. The fourth-order valence-electron chi connectivity index (χ4n) is 3.87. The Labute approximate surface area is 157 Å². The summed E-state index contributed by atoms with van der Waals surface area (Å²) in [5, 5.41) is 0. The van der Waals surface area contributed by atoms with E-state index in [1.807, 2.05) is 4.90 Å². The maximum absolute atomic E-state index is 12.5. The first kappa shape index (κ1) is 17.5. The Bertz CT molecular complexity index is 891. The third-order valence-corrected chi connectivity index (χ3v) is 5.46. The SMILES string of the molecule is C[C@H]1C[C@H](C(=O)N2CCN(c3cnc4[nH]cc(/C=C/C(N)=O)c4n3)CC2)C1. The van der Waals surface area contributed by atoms with Gasteiger partial charge in [0.25, 0.3) is 0 Å². The second-order valence-corrected chi connectivity index (χ2v) is 7.49. The molecule has 3 N–H and O–H groups in total. The molecule has 2 aromatic heterocycles. The number of primary amides is 1. The van der Waals surface area contributed by atoms with Crippen molar-refractivity contribution < 1.29 is 9.59 Å². The second-order valence-electron chi connectivity index (χ2n) is 7.49. The molecule has 3 heterocycles. The number of hydrogen-bond donors (Lipinski definition) is 2. The number of hydrogen-bond acceptors (Lipinski definition) is 5. The summed E-state index contributed by atoms with van der Waals surface area (Å²) < 4.78 is 0. The minimum absolute atomic E-state index is 0.224. The zero-order valence-corrected chi connectivity index (χ0v) is 15.4. The lowest BCUT2D eigenvalue weighted by Crippen LogP contribution is -2.52. The van der Waals surface area contributed by atoms with Crippen LogP contribution in [0.5, 0.6) is 0 Å². The van der Waals surface area contributed by atoms with Gasteiger partial charge in [0.15, 0.2) is 5.65 Å². The van der Waals surface area contributed by atoms with E-state index in [1.54, 1.807) is 18.5 Å². The highest BCUT2D eigenvalue weighted by molar-refractivity contribution is 5.93. The van der Waals surface area contributed by atoms with E-state index < -0.39 is 5.91 Å². The van der Waals surface area contributed by atoms with Crippen LogP contribution in [0.15, 0.2) is 18.5 Å². The molecule has 0 atom stereocenters. The van der Waals surface area contributed by atoms with Crippen molar-refractivity contribution in [3.8, 4) is 0 Å². The van der Waals surface area contributed by atoms with Crippen molar-refractivity contribution in [2.75, 3.05) is 31.1 Å². The lowest BCUT2D eigenvalue weighted by atomic mass is 9.75. The van der Waals surface area contributed by atoms with Crippen LogP contribution < -0.4 is 10.6 Å². The first-order valence-electron chi connectivity index (χ1n) is 9.36. The monoisotopic (exact) mass is 368 g/mol. The van der Waals surface area contributed by atoms with Crippen LogP contribution in [-0.4, -0.2) is 57.8 Å². The number of nitrogens with one attached hydrogen (secondary N) is 1. The molecule has 4 rings (SSSR count). The van der Waals surface area contributed by atoms with Gasteiger partial charge in [-0.05, 0) is 24.8 Å². The van der Waals surface area contributed by atoms with Gasteiger partial charge < -0.3 is 20.5 Å². The molecular weight excluding hydrogens is 344 g/mol. The van der Waals surface area contributed by atoms with E-state index in [0.29, 0.717) is 36.1 Å². The van der Waals surface area contributed by atoms with Gasteiger partial charge in [-0.25, -0.2) is 9.97 Å². The Kier molecular flexibility index (Phi) is 4.55. The number of amides is 2. The Morgan fingerprint density at radius 3 is 2.67 bits per heavy atom. The number of anilines is 1. The van der Waals surface area contributed by atoms with Crippen LogP contribution in [0.4, 0.5) is 5.82 Å². The molecule has 1 aliphatic heterocycles. The van der Waals surface area contributed by atoms with Gasteiger partial charge in [-0.1, -0.05) is 6.92 Å². The summed E-state index contributed by atoms with van der Waals surface area (Å²) in [4.78, 5) is 39.8. The maximum atomic E-state index is 12.5. The molecule has 142 valence electrons. The van der Waals surface area contributed by atoms with Crippen molar-refractivity contribution in [1.29, 1.82) is 0 Å². The summed E-state index contributed by atoms with van der Waals surface area (Å²) >= 11 is 0. The molecule has 1 aliphatic carbocycles. The molecule has 0 unspecified atom stereocenters. The Morgan fingerprint density at radius 1 is 1.26 bits per heavy atom. The van der Waals surface area contributed by atoms with E-state index in [9.17, 15) is 9.59 Å². The van der Waals surface area contributed by atoms with E-state index in [2.05, 4.69) is 21.8 Å². The molecule has 0 radical (unpaired) electrons. The van der Waals surface area contributed by atoms with Gasteiger partial charge in [0.1, 0.15) is 11.3 Å².